The molecular formula is C10H13F2NO2. The monoisotopic (exact) mass is 217 g/mol. The number of methoxy groups -OCH3 is 2. The molecule has 0 fully saturated rings. The van der Waals surface area contributed by atoms with Crippen molar-refractivity contribution in [3.63, 3.8) is 0 Å². The first-order valence-electron chi connectivity index (χ1n) is 4.37. The van der Waals surface area contributed by atoms with E-state index in [1.807, 2.05) is 0 Å². The van der Waals surface area contributed by atoms with Crippen molar-refractivity contribution in [2.45, 2.75) is 13.0 Å². The van der Waals surface area contributed by atoms with Crippen LogP contribution in [-0.2, 0) is 6.54 Å². The van der Waals surface area contributed by atoms with E-state index >= 15 is 0 Å². The van der Waals surface area contributed by atoms with Crippen molar-refractivity contribution in [3.05, 3.63) is 23.3 Å². The molecule has 0 radical (unpaired) electrons. The molecule has 0 atom stereocenters. The Morgan fingerprint density at radius 1 is 1.20 bits per heavy atom. The second kappa shape index (κ2) is 4.93. The van der Waals surface area contributed by atoms with Gasteiger partial charge in [-0.3, -0.25) is 0 Å². The van der Waals surface area contributed by atoms with Crippen molar-refractivity contribution in [1.82, 2.24) is 0 Å². The van der Waals surface area contributed by atoms with Crippen LogP contribution < -0.4 is 15.2 Å². The summed E-state index contributed by atoms with van der Waals surface area (Å²) in [6.45, 7) is 0.146. The van der Waals surface area contributed by atoms with E-state index < -0.39 is 6.43 Å². The fourth-order valence-electron chi connectivity index (χ4n) is 1.32. The van der Waals surface area contributed by atoms with Crippen molar-refractivity contribution in [2.75, 3.05) is 14.2 Å². The van der Waals surface area contributed by atoms with E-state index in [1.165, 1.54) is 26.4 Å². The SMILES string of the molecule is COc1cc(OC)c(C(F)F)cc1CN. The second-order valence-corrected chi connectivity index (χ2v) is 2.91. The number of hydrogen-bond acceptors (Lipinski definition) is 3. The highest BCUT2D eigenvalue weighted by Gasteiger charge is 2.17. The number of nitrogens with two attached hydrogens (primary N) is 1. The lowest BCUT2D eigenvalue weighted by Crippen LogP contribution is -2.03. The third-order valence-corrected chi connectivity index (χ3v) is 2.09. The van der Waals surface area contributed by atoms with E-state index in [0.717, 1.165) is 0 Å². The topological polar surface area (TPSA) is 44.5 Å². The Morgan fingerprint density at radius 3 is 2.20 bits per heavy atom. The van der Waals surface area contributed by atoms with Crippen LogP contribution in [0.15, 0.2) is 12.1 Å². The molecule has 1 aromatic rings. The molecule has 0 saturated heterocycles. The number of rotatable bonds is 4. The maximum absolute atomic E-state index is 12.6. The first-order chi connectivity index (χ1) is 7.13. The molecule has 84 valence electrons. The van der Waals surface area contributed by atoms with Gasteiger partial charge in [-0.05, 0) is 6.07 Å². The van der Waals surface area contributed by atoms with Crippen molar-refractivity contribution in [2.24, 2.45) is 5.73 Å². The third-order valence-electron chi connectivity index (χ3n) is 2.09. The van der Waals surface area contributed by atoms with Crippen molar-refractivity contribution < 1.29 is 18.3 Å². The van der Waals surface area contributed by atoms with Crippen LogP contribution in [0, 0.1) is 0 Å². The van der Waals surface area contributed by atoms with Crippen molar-refractivity contribution in [1.29, 1.82) is 0 Å². The lowest BCUT2D eigenvalue weighted by molar-refractivity contribution is 0.147. The van der Waals surface area contributed by atoms with E-state index in [-0.39, 0.29) is 17.9 Å². The van der Waals surface area contributed by atoms with E-state index in [2.05, 4.69) is 0 Å². The number of alkyl halides is 2. The van der Waals surface area contributed by atoms with Gasteiger partial charge in [0.2, 0.25) is 0 Å². The number of hydrogen-bond donors (Lipinski definition) is 1. The number of benzene rings is 1. The highest BCUT2D eigenvalue weighted by Crippen LogP contribution is 2.34. The molecule has 0 unspecified atom stereocenters. The smallest absolute Gasteiger partial charge is 0.267 e. The van der Waals surface area contributed by atoms with Gasteiger partial charge in [0.15, 0.2) is 0 Å². The molecule has 1 rings (SSSR count). The van der Waals surface area contributed by atoms with Crippen LogP contribution in [0.1, 0.15) is 17.6 Å². The average molecular weight is 217 g/mol. The van der Waals surface area contributed by atoms with E-state index in [4.69, 9.17) is 15.2 Å². The molecule has 0 bridgehead atoms. The van der Waals surface area contributed by atoms with Gasteiger partial charge >= 0.3 is 0 Å². The highest BCUT2D eigenvalue weighted by atomic mass is 19.3. The van der Waals surface area contributed by atoms with Gasteiger partial charge in [-0.1, -0.05) is 0 Å². The molecule has 0 aliphatic rings. The van der Waals surface area contributed by atoms with E-state index in [1.54, 1.807) is 0 Å². The van der Waals surface area contributed by atoms with Crippen LogP contribution in [0.2, 0.25) is 0 Å². The molecule has 15 heavy (non-hydrogen) atoms. The van der Waals surface area contributed by atoms with Gasteiger partial charge in [-0.15, -0.1) is 0 Å². The first-order valence-corrected chi connectivity index (χ1v) is 4.37. The standard InChI is InChI=1S/C10H13F2NO2/c1-14-8-4-9(15-2)7(10(11)12)3-6(8)5-13/h3-4,10H,5,13H2,1-2H3. The molecule has 0 heterocycles. The zero-order chi connectivity index (χ0) is 11.4. The maximum atomic E-state index is 12.6. The van der Waals surface area contributed by atoms with Gasteiger partial charge in [0.1, 0.15) is 11.5 Å². The van der Waals surface area contributed by atoms with Crippen LogP contribution >= 0.6 is 0 Å². The lowest BCUT2D eigenvalue weighted by Gasteiger charge is -2.13. The van der Waals surface area contributed by atoms with E-state index in [9.17, 15) is 8.78 Å². The quantitative estimate of drug-likeness (QED) is 0.839. The highest BCUT2D eigenvalue weighted by molar-refractivity contribution is 5.47. The Hall–Kier alpha value is -1.36. The fourth-order valence-corrected chi connectivity index (χ4v) is 1.32. The van der Waals surface area contributed by atoms with Crippen LogP contribution in [0.5, 0.6) is 11.5 Å². The fraction of sp³-hybridized carbons (Fsp3) is 0.400. The van der Waals surface area contributed by atoms with E-state index in [0.29, 0.717) is 11.3 Å². The Kier molecular flexibility index (Phi) is 3.85. The molecule has 5 heteroatoms. The summed E-state index contributed by atoms with van der Waals surface area (Å²) in [4.78, 5) is 0. The normalized spacial score (nSPS) is 10.5. The molecule has 3 nitrogen and oxygen atoms in total. The summed E-state index contributed by atoms with van der Waals surface area (Å²) in [6, 6.07) is 2.73. The van der Waals surface area contributed by atoms with Crippen LogP contribution in [-0.4, -0.2) is 14.2 Å². The Labute approximate surface area is 86.8 Å². The van der Waals surface area contributed by atoms with Gasteiger partial charge in [0.05, 0.1) is 19.8 Å². The van der Waals surface area contributed by atoms with Crippen molar-refractivity contribution >= 4 is 0 Å². The summed E-state index contributed by atoms with van der Waals surface area (Å²) in [5, 5.41) is 0. The van der Waals surface area contributed by atoms with Gasteiger partial charge in [0, 0.05) is 18.2 Å². The lowest BCUT2D eigenvalue weighted by atomic mass is 10.1. The van der Waals surface area contributed by atoms with Crippen LogP contribution in [0.3, 0.4) is 0 Å². The summed E-state index contributed by atoms with van der Waals surface area (Å²) in [7, 11) is 2.79. The maximum Gasteiger partial charge on any atom is 0.267 e. The summed E-state index contributed by atoms with van der Waals surface area (Å²) in [5.41, 5.74) is 5.79. The van der Waals surface area contributed by atoms with Gasteiger partial charge in [-0.25, -0.2) is 8.78 Å². The molecule has 0 aromatic heterocycles. The molecule has 0 amide bonds. The zero-order valence-corrected chi connectivity index (χ0v) is 8.59. The molecule has 0 spiro atoms. The minimum Gasteiger partial charge on any atom is -0.496 e. The Bertz CT molecular complexity index is 342. The number of halogens is 2. The Morgan fingerprint density at radius 2 is 1.80 bits per heavy atom. The Balaban J connectivity index is 3.27. The summed E-state index contributed by atoms with van der Waals surface area (Å²) in [6.07, 6.45) is -2.59. The first kappa shape index (κ1) is 11.7. The van der Waals surface area contributed by atoms with Gasteiger partial charge in [-0.2, -0.15) is 0 Å². The predicted octanol–water partition coefficient (Wildman–Crippen LogP) is 2.10. The molecule has 1 aromatic carbocycles. The van der Waals surface area contributed by atoms with Gasteiger partial charge in [0.25, 0.3) is 6.43 Å². The zero-order valence-electron chi connectivity index (χ0n) is 8.59. The molecular weight excluding hydrogens is 204 g/mol. The summed E-state index contributed by atoms with van der Waals surface area (Å²) in [5.74, 6) is 0.567. The third kappa shape index (κ3) is 2.36. The van der Waals surface area contributed by atoms with Crippen LogP contribution in [0.25, 0.3) is 0 Å². The van der Waals surface area contributed by atoms with Gasteiger partial charge < -0.3 is 15.2 Å². The molecule has 0 aliphatic heterocycles. The summed E-state index contributed by atoms with van der Waals surface area (Å²) >= 11 is 0. The largest absolute Gasteiger partial charge is 0.496 e. The molecule has 0 saturated carbocycles. The minimum atomic E-state index is -2.59. The van der Waals surface area contributed by atoms with Crippen molar-refractivity contribution in [3.8, 4) is 11.5 Å². The average Bonchev–Trinajstić information content (AvgIpc) is 2.26. The summed E-state index contributed by atoms with van der Waals surface area (Å²) < 4.78 is 35.1. The molecule has 0 aliphatic carbocycles. The second-order valence-electron chi connectivity index (χ2n) is 2.91. The number of ether oxygens (including phenoxy) is 2. The van der Waals surface area contributed by atoms with Crippen LogP contribution in [0.4, 0.5) is 8.78 Å². The molecule has 2 N–H and O–H groups in total. The predicted molar refractivity (Wildman–Crippen MR) is 52.4 cm³/mol. The minimum absolute atomic E-state index is 0.110.